The molecule has 1 aliphatic carbocycles. The third-order valence-corrected chi connectivity index (χ3v) is 8.12. The average molecular weight is 513 g/mol. The Hall–Kier alpha value is -3.96. The Labute approximate surface area is 219 Å². The first-order valence-corrected chi connectivity index (χ1v) is 13.1. The first-order valence-electron chi connectivity index (χ1n) is 12.3. The van der Waals surface area contributed by atoms with E-state index in [1.54, 1.807) is 18.2 Å². The lowest BCUT2D eigenvalue weighted by Gasteiger charge is -2.33. The molecule has 7 nitrogen and oxygen atoms in total. The Balaban J connectivity index is 1.24. The molecule has 5 rings (SSSR count). The van der Waals surface area contributed by atoms with Crippen LogP contribution in [0.2, 0.25) is 0 Å². The highest BCUT2D eigenvalue weighted by molar-refractivity contribution is 7.16. The summed E-state index contributed by atoms with van der Waals surface area (Å²) in [5, 5.41) is 13.1. The number of thiophene rings is 1. The zero-order chi connectivity index (χ0) is 26.2. The number of fused-ring (bicyclic) bond motifs is 2. The molecule has 2 heterocycles. The molecule has 0 spiro atoms. The van der Waals surface area contributed by atoms with Gasteiger partial charge in [-0.05, 0) is 54.4 Å². The number of nitrogens with one attached hydrogen (secondary N) is 2. The maximum Gasteiger partial charge on any atom is 0.338 e. The van der Waals surface area contributed by atoms with E-state index in [0.29, 0.717) is 33.4 Å². The van der Waals surface area contributed by atoms with Gasteiger partial charge in [0.2, 0.25) is 0 Å². The number of H-pyrrole nitrogens is 1. The number of imidazole rings is 1. The number of carbonyl (C=O) groups is 2. The van der Waals surface area contributed by atoms with E-state index in [4.69, 9.17) is 4.74 Å². The van der Waals surface area contributed by atoms with Gasteiger partial charge < -0.3 is 15.0 Å². The predicted octanol–water partition coefficient (Wildman–Crippen LogP) is 6.11. The smallest absolute Gasteiger partial charge is 0.338 e. The van der Waals surface area contributed by atoms with Crippen molar-refractivity contribution < 1.29 is 14.3 Å². The van der Waals surface area contributed by atoms with Gasteiger partial charge in [-0.3, -0.25) is 4.79 Å². The number of benzene rings is 2. The van der Waals surface area contributed by atoms with Crippen molar-refractivity contribution in [3.05, 3.63) is 70.1 Å². The monoisotopic (exact) mass is 512 g/mol. The van der Waals surface area contributed by atoms with Crippen molar-refractivity contribution in [2.75, 3.05) is 11.9 Å². The Morgan fingerprint density at radius 3 is 2.73 bits per heavy atom. The van der Waals surface area contributed by atoms with Crippen LogP contribution in [0.1, 0.15) is 53.6 Å². The van der Waals surface area contributed by atoms with Crippen LogP contribution in [-0.2, 0) is 22.4 Å². The summed E-state index contributed by atoms with van der Waals surface area (Å²) in [5.74, 6) is 0.170. The number of nitriles is 1. The molecule has 188 valence electrons. The van der Waals surface area contributed by atoms with Gasteiger partial charge in [0, 0.05) is 10.4 Å². The average Bonchev–Trinajstić information content (AvgIpc) is 3.47. The molecule has 1 atom stereocenters. The molecule has 2 aromatic heterocycles. The van der Waals surface area contributed by atoms with E-state index in [1.807, 2.05) is 30.3 Å². The topological polar surface area (TPSA) is 108 Å². The minimum Gasteiger partial charge on any atom is -0.452 e. The fraction of sp³-hybridized carbons (Fsp3) is 0.310. The second-order valence-corrected chi connectivity index (χ2v) is 11.5. The van der Waals surface area contributed by atoms with Crippen molar-refractivity contribution >= 4 is 39.2 Å². The molecule has 1 aliphatic rings. The first kappa shape index (κ1) is 24.7. The van der Waals surface area contributed by atoms with Crippen molar-refractivity contribution in [2.45, 2.75) is 40.0 Å². The molecular weight excluding hydrogens is 484 g/mol. The maximum atomic E-state index is 12.6. The molecule has 0 fully saturated rings. The fourth-order valence-corrected chi connectivity index (χ4v) is 6.07. The van der Waals surface area contributed by atoms with Gasteiger partial charge in [-0.15, -0.1) is 11.3 Å². The van der Waals surface area contributed by atoms with Crippen LogP contribution >= 0.6 is 11.3 Å². The SMILES string of the molecule is CC(C)(C)C1CCc2c(sc(NC(=O)COC(=O)c3ccc4nc(-c5ccccc5)[nH]c4c3)c2C#N)C1. The highest BCUT2D eigenvalue weighted by Crippen LogP contribution is 2.44. The second kappa shape index (κ2) is 9.83. The van der Waals surface area contributed by atoms with Gasteiger partial charge in [0.25, 0.3) is 5.91 Å². The molecule has 1 amide bonds. The van der Waals surface area contributed by atoms with Crippen LogP contribution in [0.5, 0.6) is 0 Å². The van der Waals surface area contributed by atoms with Crippen LogP contribution in [-0.4, -0.2) is 28.5 Å². The van der Waals surface area contributed by atoms with Gasteiger partial charge in [0.05, 0.1) is 22.2 Å². The molecule has 1 unspecified atom stereocenters. The van der Waals surface area contributed by atoms with Crippen LogP contribution < -0.4 is 5.32 Å². The lowest BCUT2D eigenvalue weighted by Crippen LogP contribution is -2.26. The Morgan fingerprint density at radius 2 is 2.00 bits per heavy atom. The minimum atomic E-state index is -0.605. The van der Waals surface area contributed by atoms with Crippen LogP contribution in [0, 0.1) is 22.7 Å². The number of esters is 1. The van der Waals surface area contributed by atoms with Crippen LogP contribution in [0.4, 0.5) is 5.00 Å². The zero-order valence-electron chi connectivity index (χ0n) is 21.1. The van der Waals surface area contributed by atoms with E-state index >= 15 is 0 Å². The largest absolute Gasteiger partial charge is 0.452 e. The number of hydrogen-bond donors (Lipinski definition) is 2. The number of aromatic nitrogens is 2. The van der Waals surface area contributed by atoms with Gasteiger partial charge in [-0.2, -0.15) is 5.26 Å². The van der Waals surface area contributed by atoms with E-state index in [2.05, 4.69) is 42.1 Å². The molecule has 4 aromatic rings. The molecule has 8 heteroatoms. The number of ether oxygens (including phenoxy) is 1. The van der Waals surface area contributed by atoms with Gasteiger partial charge in [0.15, 0.2) is 6.61 Å². The maximum absolute atomic E-state index is 12.6. The number of amides is 1. The van der Waals surface area contributed by atoms with Gasteiger partial charge in [0.1, 0.15) is 16.9 Å². The summed E-state index contributed by atoms with van der Waals surface area (Å²) in [4.78, 5) is 34.2. The van der Waals surface area contributed by atoms with E-state index in [0.717, 1.165) is 40.8 Å². The summed E-state index contributed by atoms with van der Waals surface area (Å²) in [6.07, 6.45) is 2.77. The molecule has 2 N–H and O–H groups in total. The lowest BCUT2D eigenvalue weighted by atomic mass is 9.72. The summed E-state index contributed by atoms with van der Waals surface area (Å²) < 4.78 is 5.28. The van der Waals surface area contributed by atoms with Crippen molar-refractivity contribution in [2.24, 2.45) is 11.3 Å². The van der Waals surface area contributed by atoms with E-state index < -0.39 is 18.5 Å². The number of nitrogens with zero attached hydrogens (tertiary/aromatic N) is 2. The number of aromatic amines is 1. The van der Waals surface area contributed by atoms with Crippen molar-refractivity contribution in [1.82, 2.24) is 9.97 Å². The third-order valence-electron chi connectivity index (χ3n) is 6.95. The standard InChI is InChI=1S/C29H28N4O3S/c1-29(2,3)19-10-11-20-21(15-30)27(37-24(20)14-19)33-25(34)16-36-28(35)18-9-12-22-23(13-18)32-26(31-22)17-7-5-4-6-8-17/h4-9,12-13,19H,10-11,14,16H2,1-3H3,(H,31,32)(H,33,34). The van der Waals surface area contributed by atoms with Gasteiger partial charge >= 0.3 is 5.97 Å². The predicted molar refractivity (Wildman–Crippen MR) is 144 cm³/mol. The van der Waals surface area contributed by atoms with Crippen LogP contribution in [0.25, 0.3) is 22.4 Å². The summed E-state index contributed by atoms with van der Waals surface area (Å²) in [7, 11) is 0. The molecule has 0 radical (unpaired) electrons. The minimum absolute atomic E-state index is 0.189. The highest BCUT2D eigenvalue weighted by atomic mass is 32.1. The number of rotatable bonds is 5. The van der Waals surface area contributed by atoms with Crippen molar-refractivity contribution in [3.8, 4) is 17.5 Å². The summed E-state index contributed by atoms with van der Waals surface area (Å²) in [6.45, 7) is 6.29. The highest BCUT2D eigenvalue weighted by Gasteiger charge is 2.32. The molecular formula is C29H28N4O3S. The summed E-state index contributed by atoms with van der Waals surface area (Å²) in [5.41, 5.74) is 4.46. The fourth-order valence-electron chi connectivity index (χ4n) is 4.78. The molecule has 2 aromatic carbocycles. The quantitative estimate of drug-likeness (QED) is 0.314. The first-order chi connectivity index (χ1) is 17.7. The zero-order valence-corrected chi connectivity index (χ0v) is 21.9. The normalized spacial score (nSPS) is 15.1. The Kier molecular flexibility index (Phi) is 6.57. The molecule has 0 bridgehead atoms. The molecule has 0 saturated carbocycles. The van der Waals surface area contributed by atoms with Gasteiger partial charge in [-0.1, -0.05) is 51.1 Å². The van der Waals surface area contributed by atoms with Crippen LogP contribution in [0.15, 0.2) is 48.5 Å². The van der Waals surface area contributed by atoms with E-state index in [9.17, 15) is 14.9 Å². The van der Waals surface area contributed by atoms with Crippen molar-refractivity contribution in [3.63, 3.8) is 0 Å². The lowest BCUT2D eigenvalue weighted by molar-refractivity contribution is -0.119. The summed E-state index contributed by atoms with van der Waals surface area (Å²) in [6, 6.07) is 17.0. The molecule has 37 heavy (non-hydrogen) atoms. The third kappa shape index (κ3) is 5.13. The molecule has 0 aliphatic heterocycles. The van der Waals surface area contributed by atoms with E-state index in [1.165, 1.54) is 11.3 Å². The number of carbonyl (C=O) groups excluding carboxylic acids is 2. The van der Waals surface area contributed by atoms with Crippen molar-refractivity contribution in [1.29, 1.82) is 5.26 Å². The number of hydrogen-bond acceptors (Lipinski definition) is 6. The molecule has 0 saturated heterocycles. The Bertz CT molecular complexity index is 1520. The number of anilines is 1. The summed E-state index contributed by atoms with van der Waals surface area (Å²) >= 11 is 1.46. The van der Waals surface area contributed by atoms with Gasteiger partial charge in [-0.25, -0.2) is 9.78 Å². The Morgan fingerprint density at radius 1 is 1.22 bits per heavy atom. The van der Waals surface area contributed by atoms with Crippen LogP contribution in [0.3, 0.4) is 0 Å². The van der Waals surface area contributed by atoms with E-state index in [-0.39, 0.29) is 5.41 Å². The second-order valence-electron chi connectivity index (χ2n) is 10.4.